The van der Waals surface area contributed by atoms with Crippen molar-refractivity contribution < 1.29 is 9.59 Å². The molecule has 1 saturated heterocycles. The minimum Gasteiger partial charge on any atom is -0.301 e. The third-order valence-electron chi connectivity index (χ3n) is 6.12. The minimum absolute atomic E-state index is 0.0200. The van der Waals surface area contributed by atoms with E-state index in [1.165, 1.54) is 0 Å². The molecule has 1 fully saturated rings. The summed E-state index contributed by atoms with van der Waals surface area (Å²) < 4.78 is 0. The molecule has 1 aliphatic heterocycles. The van der Waals surface area contributed by atoms with E-state index in [1.54, 1.807) is 9.80 Å². The average Bonchev–Trinajstić information content (AvgIpc) is 2.78. The van der Waals surface area contributed by atoms with Gasteiger partial charge in [-0.05, 0) is 68.2 Å². The number of nitrogens with zero attached hydrogens (tertiary/aromatic N) is 2. The Morgan fingerprint density at radius 1 is 0.875 bits per heavy atom. The second kappa shape index (κ2) is 8.83. The Labute approximate surface area is 189 Å². The van der Waals surface area contributed by atoms with E-state index < -0.39 is 6.04 Å². The monoisotopic (exact) mass is 424 g/mol. The lowest BCUT2D eigenvalue weighted by Crippen LogP contribution is -2.61. The number of hydrogen-bond acceptors (Lipinski definition) is 2. The van der Waals surface area contributed by atoms with E-state index in [0.29, 0.717) is 0 Å². The van der Waals surface area contributed by atoms with Crippen LogP contribution in [-0.4, -0.2) is 24.4 Å². The fourth-order valence-electron chi connectivity index (χ4n) is 4.21. The van der Waals surface area contributed by atoms with Gasteiger partial charge in [0, 0.05) is 11.4 Å². The lowest BCUT2D eigenvalue weighted by molar-refractivity contribution is -0.127. The Morgan fingerprint density at radius 3 is 2.25 bits per heavy atom. The minimum atomic E-state index is -0.709. The molecule has 4 heteroatoms. The SMILES string of the molecule is C/C(=C\c1ccccc1)[C@@H]1C(=O)N(c2cccc(C)c2C)CC(=O)N1c1ccc(C)cc1. The van der Waals surface area contributed by atoms with E-state index in [-0.39, 0.29) is 18.4 Å². The van der Waals surface area contributed by atoms with Gasteiger partial charge in [-0.15, -0.1) is 0 Å². The van der Waals surface area contributed by atoms with Gasteiger partial charge in [0.15, 0.2) is 0 Å². The molecule has 0 unspecified atom stereocenters. The maximum Gasteiger partial charge on any atom is 0.254 e. The van der Waals surface area contributed by atoms with Crippen molar-refractivity contribution in [2.45, 2.75) is 33.7 Å². The van der Waals surface area contributed by atoms with Crippen LogP contribution >= 0.6 is 0 Å². The highest BCUT2D eigenvalue weighted by molar-refractivity contribution is 6.16. The van der Waals surface area contributed by atoms with E-state index in [1.807, 2.05) is 107 Å². The Balaban J connectivity index is 1.82. The molecule has 0 radical (unpaired) electrons. The molecule has 3 aromatic carbocycles. The van der Waals surface area contributed by atoms with Crippen molar-refractivity contribution in [3.05, 3.63) is 101 Å². The number of aryl methyl sites for hydroxylation is 2. The molecule has 4 rings (SSSR count). The molecule has 0 bridgehead atoms. The quantitative estimate of drug-likeness (QED) is 0.558. The predicted octanol–water partition coefficient (Wildman–Crippen LogP) is 5.46. The topological polar surface area (TPSA) is 40.6 Å². The summed E-state index contributed by atoms with van der Waals surface area (Å²) in [5.41, 5.74) is 6.57. The second-order valence-electron chi connectivity index (χ2n) is 8.44. The molecular weight excluding hydrogens is 396 g/mol. The Kier molecular flexibility index (Phi) is 5.95. The summed E-state index contributed by atoms with van der Waals surface area (Å²) >= 11 is 0. The lowest BCUT2D eigenvalue weighted by Gasteiger charge is -2.41. The molecule has 1 atom stereocenters. The summed E-state index contributed by atoms with van der Waals surface area (Å²) in [6.45, 7) is 7.97. The number of rotatable bonds is 4. The van der Waals surface area contributed by atoms with Crippen molar-refractivity contribution >= 4 is 29.3 Å². The Bertz CT molecular complexity index is 1180. The van der Waals surface area contributed by atoms with Gasteiger partial charge in [0.1, 0.15) is 12.6 Å². The van der Waals surface area contributed by atoms with Crippen molar-refractivity contribution in [2.24, 2.45) is 0 Å². The normalized spacial score (nSPS) is 17.1. The van der Waals surface area contributed by atoms with E-state index in [2.05, 4.69) is 0 Å². The van der Waals surface area contributed by atoms with Crippen molar-refractivity contribution in [1.82, 2.24) is 0 Å². The smallest absolute Gasteiger partial charge is 0.254 e. The van der Waals surface area contributed by atoms with Gasteiger partial charge in [-0.1, -0.05) is 66.2 Å². The van der Waals surface area contributed by atoms with Gasteiger partial charge >= 0.3 is 0 Å². The summed E-state index contributed by atoms with van der Waals surface area (Å²) in [5.74, 6) is -0.191. The molecule has 3 aromatic rings. The summed E-state index contributed by atoms with van der Waals surface area (Å²) in [6, 6.07) is 22.8. The largest absolute Gasteiger partial charge is 0.301 e. The van der Waals surface area contributed by atoms with Gasteiger partial charge in [-0.3, -0.25) is 14.5 Å². The van der Waals surface area contributed by atoms with Crippen LogP contribution in [0.15, 0.2) is 78.4 Å². The first-order valence-electron chi connectivity index (χ1n) is 10.9. The van der Waals surface area contributed by atoms with Gasteiger partial charge in [-0.25, -0.2) is 0 Å². The summed E-state index contributed by atoms with van der Waals surface area (Å²) in [7, 11) is 0. The van der Waals surface area contributed by atoms with Gasteiger partial charge in [-0.2, -0.15) is 0 Å². The number of hydrogen-bond donors (Lipinski definition) is 0. The van der Waals surface area contributed by atoms with E-state index in [0.717, 1.165) is 39.2 Å². The number of carbonyl (C=O) groups is 2. The fourth-order valence-corrected chi connectivity index (χ4v) is 4.21. The van der Waals surface area contributed by atoms with Crippen molar-refractivity contribution in [2.75, 3.05) is 16.3 Å². The molecule has 0 aromatic heterocycles. The number of piperazine rings is 1. The number of benzene rings is 3. The fraction of sp³-hybridized carbons (Fsp3) is 0.214. The van der Waals surface area contributed by atoms with Gasteiger partial charge < -0.3 is 4.90 Å². The van der Waals surface area contributed by atoms with Crippen LogP contribution in [0.1, 0.15) is 29.2 Å². The molecule has 0 N–H and O–H groups in total. The second-order valence-corrected chi connectivity index (χ2v) is 8.44. The zero-order chi connectivity index (χ0) is 22.8. The molecular formula is C28H28N2O2. The number of amides is 2. The average molecular weight is 425 g/mol. The molecule has 0 aliphatic carbocycles. The maximum atomic E-state index is 13.9. The first-order chi connectivity index (χ1) is 15.4. The Morgan fingerprint density at radius 2 is 1.56 bits per heavy atom. The van der Waals surface area contributed by atoms with Crippen molar-refractivity contribution in [3.63, 3.8) is 0 Å². The summed E-state index contributed by atoms with van der Waals surface area (Å²) in [5, 5.41) is 0. The highest BCUT2D eigenvalue weighted by atomic mass is 16.2. The zero-order valence-electron chi connectivity index (χ0n) is 19.0. The van der Waals surface area contributed by atoms with Crippen LogP contribution in [0.2, 0.25) is 0 Å². The lowest BCUT2D eigenvalue weighted by atomic mass is 9.97. The zero-order valence-corrected chi connectivity index (χ0v) is 19.0. The molecule has 162 valence electrons. The highest BCUT2D eigenvalue weighted by Crippen LogP contribution is 2.32. The van der Waals surface area contributed by atoms with Crippen molar-refractivity contribution in [1.29, 1.82) is 0 Å². The number of anilines is 2. The van der Waals surface area contributed by atoms with Crippen LogP contribution in [-0.2, 0) is 9.59 Å². The van der Waals surface area contributed by atoms with Crippen LogP contribution in [0, 0.1) is 20.8 Å². The Hall–Kier alpha value is -3.66. The van der Waals surface area contributed by atoms with Gasteiger partial charge in [0.05, 0.1) is 0 Å². The van der Waals surface area contributed by atoms with Crippen LogP contribution in [0.25, 0.3) is 6.08 Å². The summed E-state index contributed by atoms with van der Waals surface area (Å²) in [4.78, 5) is 30.7. The molecule has 0 saturated carbocycles. The first-order valence-corrected chi connectivity index (χ1v) is 10.9. The molecule has 0 spiro atoms. The maximum absolute atomic E-state index is 13.9. The molecule has 1 heterocycles. The van der Waals surface area contributed by atoms with Crippen LogP contribution in [0.4, 0.5) is 11.4 Å². The third kappa shape index (κ3) is 4.09. The first kappa shape index (κ1) is 21.6. The molecule has 4 nitrogen and oxygen atoms in total. The standard InChI is InChI=1S/C28H28N2O2/c1-19-13-15-24(16-14-19)30-26(31)18-29(25-12-8-9-20(2)22(25)4)28(32)27(30)21(3)17-23-10-6-5-7-11-23/h5-17,27H,18H2,1-4H3/b21-17+/t27-/m1/s1. The summed E-state index contributed by atoms with van der Waals surface area (Å²) in [6.07, 6.45) is 1.99. The van der Waals surface area contributed by atoms with E-state index in [4.69, 9.17) is 0 Å². The predicted molar refractivity (Wildman–Crippen MR) is 131 cm³/mol. The van der Waals surface area contributed by atoms with E-state index in [9.17, 15) is 9.59 Å². The molecule has 1 aliphatic rings. The molecule has 32 heavy (non-hydrogen) atoms. The number of carbonyl (C=O) groups excluding carboxylic acids is 2. The molecule has 2 amide bonds. The third-order valence-corrected chi connectivity index (χ3v) is 6.12. The van der Waals surface area contributed by atoms with Gasteiger partial charge in [0.25, 0.3) is 5.91 Å². The van der Waals surface area contributed by atoms with E-state index >= 15 is 0 Å². The van der Waals surface area contributed by atoms with Gasteiger partial charge in [0.2, 0.25) is 5.91 Å². The van der Waals surface area contributed by atoms with Crippen molar-refractivity contribution in [3.8, 4) is 0 Å². The van der Waals surface area contributed by atoms with Crippen LogP contribution < -0.4 is 9.80 Å². The van der Waals surface area contributed by atoms with Crippen LogP contribution in [0.3, 0.4) is 0 Å². The van der Waals surface area contributed by atoms with Crippen LogP contribution in [0.5, 0.6) is 0 Å². The highest BCUT2D eigenvalue weighted by Gasteiger charge is 2.42.